The molecule has 0 saturated carbocycles. The summed E-state index contributed by atoms with van der Waals surface area (Å²) in [5.74, 6) is 0.0345. The van der Waals surface area contributed by atoms with Crippen molar-refractivity contribution < 1.29 is 16.8 Å². The Morgan fingerprint density at radius 2 is 1.73 bits per heavy atom. The first-order valence-corrected chi connectivity index (χ1v) is 11.0. The van der Waals surface area contributed by atoms with Gasteiger partial charge in [-0.05, 0) is 32.0 Å². The van der Waals surface area contributed by atoms with Crippen molar-refractivity contribution in [3.05, 3.63) is 17.0 Å². The van der Waals surface area contributed by atoms with Crippen LogP contribution in [-0.2, 0) is 26.5 Å². The maximum Gasteiger partial charge on any atom is 0.250 e. The van der Waals surface area contributed by atoms with Gasteiger partial charge in [-0.1, -0.05) is 6.92 Å². The number of sulfonamides is 2. The second kappa shape index (κ2) is 8.94. The van der Waals surface area contributed by atoms with Gasteiger partial charge in [0.1, 0.15) is 4.21 Å². The monoisotopic (exact) mass is 369 g/mol. The van der Waals surface area contributed by atoms with E-state index in [4.69, 9.17) is 0 Å². The van der Waals surface area contributed by atoms with Crippen LogP contribution in [0, 0.1) is 0 Å². The number of likely N-dealkylation sites (N-methyl/N-ethyl adjacent to an activating group) is 1. The molecule has 10 heteroatoms. The van der Waals surface area contributed by atoms with Crippen molar-refractivity contribution in [3.8, 4) is 0 Å². The zero-order chi connectivity index (χ0) is 16.6. The van der Waals surface area contributed by atoms with Crippen LogP contribution in [-0.4, -0.2) is 48.8 Å². The summed E-state index contributed by atoms with van der Waals surface area (Å²) in [4.78, 5) is 0.825. The van der Waals surface area contributed by atoms with Gasteiger partial charge in [0.15, 0.2) is 0 Å². The standard InChI is InChI=1S/C12H23N3O4S3/c1-3-13-9-10-15-22(18,19)12-6-5-11(20-12)7-8-14-21(16,17)4-2/h5-6,13-15H,3-4,7-10H2,1-2H3. The highest BCUT2D eigenvalue weighted by atomic mass is 32.2. The van der Waals surface area contributed by atoms with Crippen molar-refractivity contribution in [2.24, 2.45) is 0 Å². The maximum atomic E-state index is 12.0. The molecular formula is C12H23N3O4S3. The van der Waals surface area contributed by atoms with Crippen LogP contribution in [0.5, 0.6) is 0 Å². The molecule has 1 aromatic rings. The van der Waals surface area contributed by atoms with Crippen molar-refractivity contribution in [1.29, 1.82) is 0 Å². The topological polar surface area (TPSA) is 104 Å². The molecule has 1 heterocycles. The Kier molecular flexibility index (Phi) is 7.94. The second-order valence-corrected chi connectivity index (χ2v) is 9.78. The lowest BCUT2D eigenvalue weighted by atomic mass is 10.3. The Morgan fingerprint density at radius 1 is 1.00 bits per heavy atom. The minimum absolute atomic E-state index is 0.0345. The van der Waals surface area contributed by atoms with Crippen LogP contribution in [0.15, 0.2) is 16.3 Å². The van der Waals surface area contributed by atoms with Crippen molar-refractivity contribution in [2.45, 2.75) is 24.5 Å². The van der Waals surface area contributed by atoms with Gasteiger partial charge in [0.25, 0.3) is 0 Å². The molecule has 0 aliphatic carbocycles. The van der Waals surface area contributed by atoms with Crippen LogP contribution in [0.3, 0.4) is 0 Å². The molecule has 1 aromatic heterocycles. The first-order valence-electron chi connectivity index (χ1n) is 7.07. The Labute approximate surface area is 136 Å². The summed E-state index contributed by atoms with van der Waals surface area (Å²) in [5.41, 5.74) is 0. The Morgan fingerprint density at radius 3 is 2.36 bits per heavy atom. The van der Waals surface area contributed by atoms with Gasteiger partial charge in [0, 0.05) is 24.5 Å². The van der Waals surface area contributed by atoms with Gasteiger partial charge in [0.2, 0.25) is 20.0 Å². The van der Waals surface area contributed by atoms with E-state index in [9.17, 15) is 16.8 Å². The van der Waals surface area contributed by atoms with Gasteiger partial charge in [-0.3, -0.25) is 0 Å². The maximum absolute atomic E-state index is 12.0. The van der Waals surface area contributed by atoms with Crippen LogP contribution in [0.4, 0.5) is 0 Å². The summed E-state index contributed by atoms with van der Waals surface area (Å²) in [7, 11) is -6.70. The normalized spacial score (nSPS) is 12.6. The Hall–Kier alpha value is -0.520. The summed E-state index contributed by atoms with van der Waals surface area (Å²) in [6.07, 6.45) is 0.469. The summed E-state index contributed by atoms with van der Waals surface area (Å²) in [6.45, 7) is 5.49. The van der Waals surface area contributed by atoms with E-state index in [-0.39, 0.29) is 16.5 Å². The number of rotatable bonds is 11. The molecule has 0 radical (unpaired) electrons. The zero-order valence-electron chi connectivity index (χ0n) is 12.8. The largest absolute Gasteiger partial charge is 0.316 e. The molecule has 7 nitrogen and oxygen atoms in total. The van der Waals surface area contributed by atoms with Crippen LogP contribution in [0.25, 0.3) is 0 Å². The first kappa shape index (κ1) is 19.5. The van der Waals surface area contributed by atoms with Crippen molar-refractivity contribution in [2.75, 3.05) is 31.9 Å². The fourth-order valence-electron chi connectivity index (χ4n) is 1.59. The highest BCUT2D eigenvalue weighted by Gasteiger charge is 2.16. The number of nitrogens with one attached hydrogen (secondary N) is 3. The third-order valence-electron chi connectivity index (χ3n) is 2.82. The van der Waals surface area contributed by atoms with Gasteiger partial charge >= 0.3 is 0 Å². The predicted octanol–water partition coefficient (Wildman–Crippen LogP) is 0.118. The molecule has 0 aliphatic rings. The Bertz CT molecular complexity index is 653. The summed E-state index contributed by atoms with van der Waals surface area (Å²) in [5, 5.41) is 3.04. The van der Waals surface area contributed by atoms with Gasteiger partial charge in [-0.2, -0.15) is 0 Å². The van der Waals surface area contributed by atoms with Crippen LogP contribution < -0.4 is 14.8 Å². The smallest absolute Gasteiger partial charge is 0.250 e. The number of hydrogen-bond donors (Lipinski definition) is 3. The molecule has 128 valence electrons. The van der Waals surface area contributed by atoms with Crippen molar-refractivity contribution >= 4 is 31.4 Å². The second-order valence-electron chi connectivity index (χ2n) is 4.52. The van der Waals surface area contributed by atoms with E-state index in [0.717, 1.165) is 22.8 Å². The van der Waals surface area contributed by atoms with Gasteiger partial charge in [-0.25, -0.2) is 26.3 Å². The molecule has 0 aromatic carbocycles. The third kappa shape index (κ3) is 6.71. The van der Waals surface area contributed by atoms with Gasteiger partial charge in [-0.15, -0.1) is 11.3 Å². The third-order valence-corrected chi connectivity index (χ3v) is 7.32. The van der Waals surface area contributed by atoms with Crippen molar-refractivity contribution in [1.82, 2.24) is 14.8 Å². The predicted molar refractivity (Wildman–Crippen MR) is 89.2 cm³/mol. The molecule has 0 saturated heterocycles. The first-order chi connectivity index (χ1) is 10.3. The van der Waals surface area contributed by atoms with Crippen molar-refractivity contribution in [3.63, 3.8) is 0 Å². The number of hydrogen-bond acceptors (Lipinski definition) is 6. The van der Waals surface area contributed by atoms with Crippen LogP contribution in [0.2, 0.25) is 0 Å². The quantitative estimate of drug-likeness (QED) is 0.481. The van der Waals surface area contributed by atoms with Crippen LogP contribution in [0.1, 0.15) is 18.7 Å². The average Bonchev–Trinajstić information content (AvgIpc) is 2.93. The average molecular weight is 370 g/mol. The van der Waals surface area contributed by atoms with E-state index in [2.05, 4.69) is 14.8 Å². The SMILES string of the molecule is CCNCCNS(=O)(=O)c1ccc(CCNS(=O)(=O)CC)s1. The molecular weight excluding hydrogens is 346 g/mol. The minimum Gasteiger partial charge on any atom is -0.316 e. The zero-order valence-corrected chi connectivity index (χ0v) is 15.2. The summed E-state index contributed by atoms with van der Waals surface area (Å²) in [6, 6.07) is 3.26. The highest BCUT2D eigenvalue weighted by Crippen LogP contribution is 2.21. The molecule has 3 N–H and O–H groups in total. The fraction of sp³-hybridized carbons (Fsp3) is 0.667. The molecule has 0 spiro atoms. The minimum atomic E-state index is -3.49. The number of thiophene rings is 1. The van der Waals surface area contributed by atoms with Gasteiger partial charge < -0.3 is 5.32 Å². The molecule has 0 aliphatic heterocycles. The van der Waals surface area contributed by atoms with E-state index >= 15 is 0 Å². The van der Waals surface area contributed by atoms with Crippen LogP contribution >= 0.6 is 11.3 Å². The molecule has 0 unspecified atom stereocenters. The lowest BCUT2D eigenvalue weighted by molar-refractivity contribution is 0.578. The molecule has 0 fully saturated rings. The van der Waals surface area contributed by atoms with Gasteiger partial charge in [0.05, 0.1) is 5.75 Å². The lowest BCUT2D eigenvalue weighted by Crippen LogP contribution is -2.31. The fourth-order valence-corrected chi connectivity index (χ4v) is 4.64. The molecule has 0 bridgehead atoms. The molecule has 0 atom stereocenters. The molecule has 1 rings (SSSR count). The van der Waals surface area contributed by atoms with E-state index < -0.39 is 20.0 Å². The molecule has 0 amide bonds. The summed E-state index contributed by atoms with van der Waals surface area (Å²) >= 11 is 1.16. The lowest BCUT2D eigenvalue weighted by Gasteiger charge is -2.05. The summed E-state index contributed by atoms with van der Waals surface area (Å²) < 4.78 is 51.9. The van der Waals surface area contributed by atoms with E-state index in [1.165, 1.54) is 0 Å². The van der Waals surface area contributed by atoms with E-state index in [1.54, 1.807) is 19.1 Å². The van der Waals surface area contributed by atoms with E-state index in [1.807, 2.05) is 6.92 Å². The van der Waals surface area contributed by atoms with E-state index in [0.29, 0.717) is 19.5 Å². The Balaban J connectivity index is 2.52. The molecule has 22 heavy (non-hydrogen) atoms. The highest BCUT2D eigenvalue weighted by molar-refractivity contribution is 7.91.